The van der Waals surface area contributed by atoms with E-state index in [1.54, 1.807) is 0 Å². The zero-order chi connectivity index (χ0) is 11.5. The van der Waals surface area contributed by atoms with Crippen molar-refractivity contribution in [1.82, 2.24) is 10.2 Å². The van der Waals surface area contributed by atoms with Gasteiger partial charge < -0.3 is 16.0 Å². The molecule has 2 aliphatic heterocycles. The SMILES string of the molecule is NCC1CCCN(C(=O)C2CNC(=O)C2)C1. The van der Waals surface area contributed by atoms with Gasteiger partial charge in [-0.2, -0.15) is 0 Å². The lowest BCUT2D eigenvalue weighted by Crippen LogP contribution is -2.45. The summed E-state index contributed by atoms with van der Waals surface area (Å²) in [6.07, 6.45) is 2.49. The van der Waals surface area contributed by atoms with Crippen molar-refractivity contribution >= 4 is 11.8 Å². The molecule has 2 fully saturated rings. The number of hydrogen-bond donors (Lipinski definition) is 2. The molecule has 0 aliphatic carbocycles. The first-order valence-electron chi connectivity index (χ1n) is 5.96. The minimum atomic E-state index is -0.149. The van der Waals surface area contributed by atoms with Crippen LogP contribution in [0.2, 0.25) is 0 Å². The summed E-state index contributed by atoms with van der Waals surface area (Å²) in [5, 5.41) is 2.70. The van der Waals surface area contributed by atoms with Gasteiger partial charge in [-0.3, -0.25) is 9.59 Å². The number of nitrogens with zero attached hydrogens (tertiary/aromatic N) is 1. The summed E-state index contributed by atoms with van der Waals surface area (Å²) >= 11 is 0. The van der Waals surface area contributed by atoms with E-state index in [1.165, 1.54) is 0 Å². The lowest BCUT2D eigenvalue weighted by atomic mass is 9.96. The fourth-order valence-corrected chi connectivity index (χ4v) is 2.50. The van der Waals surface area contributed by atoms with Crippen LogP contribution in [0.25, 0.3) is 0 Å². The maximum Gasteiger partial charge on any atom is 0.227 e. The lowest BCUT2D eigenvalue weighted by Gasteiger charge is -2.33. The van der Waals surface area contributed by atoms with Crippen LogP contribution >= 0.6 is 0 Å². The first kappa shape index (κ1) is 11.4. The Hall–Kier alpha value is -1.10. The zero-order valence-corrected chi connectivity index (χ0v) is 9.45. The van der Waals surface area contributed by atoms with E-state index in [0.29, 0.717) is 25.4 Å². The topological polar surface area (TPSA) is 75.4 Å². The second-order valence-corrected chi connectivity index (χ2v) is 4.73. The molecule has 0 bridgehead atoms. The van der Waals surface area contributed by atoms with Gasteiger partial charge in [0.25, 0.3) is 0 Å². The Bertz CT molecular complexity index is 293. The van der Waals surface area contributed by atoms with Gasteiger partial charge in [0, 0.05) is 26.1 Å². The number of amides is 2. The molecule has 16 heavy (non-hydrogen) atoms. The predicted molar refractivity (Wildman–Crippen MR) is 59.5 cm³/mol. The van der Waals surface area contributed by atoms with E-state index in [4.69, 9.17) is 5.73 Å². The van der Waals surface area contributed by atoms with E-state index in [2.05, 4.69) is 5.32 Å². The lowest BCUT2D eigenvalue weighted by molar-refractivity contribution is -0.137. The summed E-state index contributed by atoms with van der Waals surface area (Å²) in [5.41, 5.74) is 5.64. The molecule has 2 aliphatic rings. The van der Waals surface area contributed by atoms with Gasteiger partial charge in [0.2, 0.25) is 11.8 Å². The van der Waals surface area contributed by atoms with Gasteiger partial charge in [-0.1, -0.05) is 0 Å². The molecule has 0 radical (unpaired) electrons. The standard InChI is InChI=1S/C11H19N3O2/c12-5-8-2-1-3-14(7-8)11(16)9-4-10(15)13-6-9/h8-9H,1-7,12H2,(H,13,15). The van der Waals surface area contributed by atoms with Crippen LogP contribution in [0.4, 0.5) is 0 Å². The maximum absolute atomic E-state index is 12.1. The summed E-state index contributed by atoms with van der Waals surface area (Å²) in [4.78, 5) is 25.0. The number of nitrogens with two attached hydrogens (primary N) is 1. The molecule has 5 nitrogen and oxygen atoms in total. The fraction of sp³-hybridized carbons (Fsp3) is 0.818. The highest BCUT2D eigenvalue weighted by Gasteiger charge is 2.33. The van der Waals surface area contributed by atoms with Crippen molar-refractivity contribution in [1.29, 1.82) is 0 Å². The predicted octanol–water partition coefficient (Wildman–Crippen LogP) is -0.680. The second kappa shape index (κ2) is 4.82. The van der Waals surface area contributed by atoms with Crippen LogP contribution in [0.3, 0.4) is 0 Å². The molecule has 3 N–H and O–H groups in total. The van der Waals surface area contributed by atoms with Gasteiger partial charge in [-0.25, -0.2) is 0 Å². The Kier molecular flexibility index (Phi) is 3.43. The summed E-state index contributed by atoms with van der Waals surface area (Å²) < 4.78 is 0. The van der Waals surface area contributed by atoms with Crippen LogP contribution in [0.5, 0.6) is 0 Å². The quantitative estimate of drug-likeness (QED) is 0.654. The van der Waals surface area contributed by atoms with E-state index < -0.39 is 0 Å². The second-order valence-electron chi connectivity index (χ2n) is 4.73. The van der Waals surface area contributed by atoms with Crippen LogP contribution in [0.15, 0.2) is 0 Å². The molecule has 2 atom stereocenters. The molecular weight excluding hydrogens is 206 g/mol. The minimum absolute atomic E-state index is 0.00858. The van der Waals surface area contributed by atoms with Crippen LogP contribution in [-0.2, 0) is 9.59 Å². The third kappa shape index (κ3) is 2.35. The normalized spacial score (nSPS) is 30.3. The average Bonchev–Trinajstić information content (AvgIpc) is 2.75. The third-order valence-corrected chi connectivity index (χ3v) is 3.49. The van der Waals surface area contributed by atoms with Crippen LogP contribution in [0.1, 0.15) is 19.3 Å². The Morgan fingerprint density at radius 2 is 2.38 bits per heavy atom. The van der Waals surface area contributed by atoms with Crippen LogP contribution in [-0.4, -0.2) is 42.9 Å². The van der Waals surface area contributed by atoms with Gasteiger partial charge >= 0.3 is 0 Å². The molecule has 90 valence electrons. The van der Waals surface area contributed by atoms with Gasteiger partial charge in [0.1, 0.15) is 0 Å². The van der Waals surface area contributed by atoms with Gasteiger partial charge in [-0.05, 0) is 25.3 Å². The van der Waals surface area contributed by atoms with Crippen molar-refractivity contribution < 1.29 is 9.59 Å². The molecule has 0 saturated carbocycles. The Labute approximate surface area is 95.3 Å². The Balaban J connectivity index is 1.91. The van der Waals surface area contributed by atoms with Crippen molar-refractivity contribution in [2.45, 2.75) is 19.3 Å². The highest BCUT2D eigenvalue weighted by molar-refractivity contribution is 5.89. The number of carbonyl (C=O) groups is 2. The number of hydrogen-bond acceptors (Lipinski definition) is 3. The number of likely N-dealkylation sites (tertiary alicyclic amines) is 1. The van der Waals surface area contributed by atoms with Crippen molar-refractivity contribution in [3.05, 3.63) is 0 Å². The Morgan fingerprint density at radius 1 is 1.56 bits per heavy atom. The molecule has 2 saturated heterocycles. The third-order valence-electron chi connectivity index (χ3n) is 3.49. The fourth-order valence-electron chi connectivity index (χ4n) is 2.50. The smallest absolute Gasteiger partial charge is 0.227 e. The molecule has 5 heteroatoms. The Morgan fingerprint density at radius 3 is 3.00 bits per heavy atom. The zero-order valence-electron chi connectivity index (χ0n) is 9.45. The van der Waals surface area contributed by atoms with Crippen molar-refractivity contribution in [3.8, 4) is 0 Å². The number of piperidine rings is 1. The van der Waals surface area contributed by atoms with Gasteiger partial charge in [0.15, 0.2) is 0 Å². The van der Waals surface area contributed by atoms with E-state index in [-0.39, 0.29) is 17.7 Å². The maximum atomic E-state index is 12.1. The largest absolute Gasteiger partial charge is 0.355 e. The summed E-state index contributed by atoms with van der Waals surface area (Å²) in [5.74, 6) is 0.397. The van der Waals surface area contributed by atoms with E-state index in [0.717, 1.165) is 25.9 Å². The van der Waals surface area contributed by atoms with Crippen molar-refractivity contribution in [3.63, 3.8) is 0 Å². The first-order valence-corrected chi connectivity index (χ1v) is 5.96. The van der Waals surface area contributed by atoms with E-state index in [9.17, 15) is 9.59 Å². The minimum Gasteiger partial charge on any atom is -0.355 e. The molecule has 0 spiro atoms. The number of carbonyl (C=O) groups excluding carboxylic acids is 2. The monoisotopic (exact) mass is 225 g/mol. The summed E-state index contributed by atoms with van der Waals surface area (Å²) in [6.45, 7) is 2.73. The number of nitrogens with one attached hydrogen (secondary N) is 1. The first-order chi connectivity index (χ1) is 7.70. The van der Waals surface area contributed by atoms with E-state index >= 15 is 0 Å². The molecule has 2 rings (SSSR count). The summed E-state index contributed by atoms with van der Waals surface area (Å²) in [6, 6.07) is 0. The molecule has 2 unspecified atom stereocenters. The molecule has 2 amide bonds. The number of rotatable bonds is 2. The van der Waals surface area contributed by atoms with Gasteiger partial charge in [-0.15, -0.1) is 0 Å². The van der Waals surface area contributed by atoms with Crippen LogP contribution in [0, 0.1) is 11.8 Å². The van der Waals surface area contributed by atoms with Crippen molar-refractivity contribution in [2.24, 2.45) is 17.6 Å². The molecule has 0 aromatic heterocycles. The highest BCUT2D eigenvalue weighted by Crippen LogP contribution is 2.19. The molecular formula is C11H19N3O2. The van der Waals surface area contributed by atoms with Crippen LogP contribution < -0.4 is 11.1 Å². The van der Waals surface area contributed by atoms with Crippen molar-refractivity contribution in [2.75, 3.05) is 26.2 Å². The average molecular weight is 225 g/mol. The summed E-state index contributed by atoms with van der Waals surface area (Å²) in [7, 11) is 0. The molecule has 2 heterocycles. The van der Waals surface area contributed by atoms with Gasteiger partial charge in [0.05, 0.1) is 5.92 Å². The molecule has 0 aromatic rings. The highest BCUT2D eigenvalue weighted by atomic mass is 16.2. The molecule has 0 aromatic carbocycles. The van der Waals surface area contributed by atoms with E-state index in [1.807, 2.05) is 4.90 Å².